The van der Waals surface area contributed by atoms with Gasteiger partial charge in [0.25, 0.3) is 0 Å². The molecule has 1 aliphatic rings. The maximum Gasteiger partial charge on any atom is 0.323 e. The summed E-state index contributed by atoms with van der Waals surface area (Å²) in [6.45, 7) is 0. The summed E-state index contributed by atoms with van der Waals surface area (Å²) in [7, 11) is 1.27. The van der Waals surface area contributed by atoms with Crippen LogP contribution in [0, 0.1) is 23.2 Å². The Labute approximate surface area is 89.8 Å². The molecule has 0 saturated heterocycles. The number of rotatable bonds is 2. The fraction of sp³-hybridized carbons (Fsp3) is 0.818. The van der Waals surface area contributed by atoms with Crippen LogP contribution >= 0.6 is 0 Å². The van der Waals surface area contributed by atoms with E-state index in [0.29, 0.717) is 6.42 Å². The van der Waals surface area contributed by atoms with Crippen LogP contribution < -0.4 is 0 Å². The molecule has 0 spiro atoms. The van der Waals surface area contributed by atoms with Crippen LogP contribution in [0.15, 0.2) is 0 Å². The Morgan fingerprint density at radius 2 is 2.13 bits per heavy atom. The Morgan fingerprint density at radius 3 is 2.73 bits per heavy atom. The summed E-state index contributed by atoms with van der Waals surface area (Å²) >= 11 is 0. The van der Waals surface area contributed by atoms with E-state index in [1.165, 1.54) is 7.11 Å². The monoisotopic (exact) mass is 211 g/mol. The normalized spacial score (nSPS) is 28.6. The molecule has 3 atom stereocenters. The average Bonchev–Trinajstić information content (AvgIpc) is 2.45. The molecule has 0 aromatic carbocycles. The second-order valence-corrected chi connectivity index (χ2v) is 4.00. The first-order valence-electron chi connectivity index (χ1n) is 5.36. The predicted molar refractivity (Wildman–Crippen MR) is 53.7 cm³/mol. The first kappa shape index (κ1) is 12.0. The minimum Gasteiger partial charge on any atom is -0.468 e. The van der Waals surface area contributed by atoms with E-state index in [1.54, 1.807) is 0 Å². The number of esters is 1. The van der Waals surface area contributed by atoms with Gasteiger partial charge in [-0.25, -0.2) is 0 Å². The molecule has 4 nitrogen and oxygen atoms in total. The Kier molecular flexibility index (Phi) is 4.57. The van der Waals surface area contributed by atoms with Gasteiger partial charge in [-0.1, -0.05) is 19.3 Å². The molecule has 0 aliphatic heterocycles. The third-order valence-corrected chi connectivity index (χ3v) is 3.05. The number of nitriles is 1. The van der Waals surface area contributed by atoms with Gasteiger partial charge in [-0.2, -0.15) is 5.26 Å². The Morgan fingerprint density at radius 1 is 1.47 bits per heavy atom. The van der Waals surface area contributed by atoms with Crippen molar-refractivity contribution in [3.63, 3.8) is 0 Å². The maximum atomic E-state index is 11.3. The van der Waals surface area contributed by atoms with Gasteiger partial charge in [0.15, 0.2) is 0 Å². The van der Waals surface area contributed by atoms with E-state index >= 15 is 0 Å². The summed E-state index contributed by atoms with van der Waals surface area (Å²) in [5, 5.41) is 18.8. The molecule has 0 amide bonds. The number of methoxy groups -OCH3 is 1. The zero-order valence-corrected chi connectivity index (χ0v) is 8.98. The summed E-state index contributed by atoms with van der Waals surface area (Å²) in [5.41, 5.74) is 0. The molecular formula is C11H17NO3. The van der Waals surface area contributed by atoms with Gasteiger partial charge in [-0.05, 0) is 12.8 Å². The van der Waals surface area contributed by atoms with E-state index in [4.69, 9.17) is 5.26 Å². The fourth-order valence-corrected chi connectivity index (χ4v) is 2.16. The van der Waals surface area contributed by atoms with Crippen LogP contribution in [0.2, 0.25) is 0 Å². The van der Waals surface area contributed by atoms with Gasteiger partial charge >= 0.3 is 5.97 Å². The highest BCUT2D eigenvalue weighted by molar-refractivity contribution is 5.75. The summed E-state index contributed by atoms with van der Waals surface area (Å²) in [6.07, 6.45) is 3.87. The van der Waals surface area contributed by atoms with E-state index < -0.39 is 18.0 Å². The Bertz CT molecular complexity index is 259. The van der Waals surface area contributed by atoms with E-state index in [0.717, 1.165) is 25.7 Å². The van der Waals surface area contributed by atoms with Crippen molar-refractivity contribution in [3.05, 3.63) is 0 Å². The molecule has 0 bridgehead atoms. The standard InChI is InChI=1S/C11H17NO3/c1-15-11(14)9(7-12)8-5-3-2-4-6-10(8)13/h8-10,13H,2-6H2,1H3. The van der Waals surface area contributed by atoms with Gasteiger partial charge in [0, 0.05) is 5.92 Å². The van der Waals surface area contributed by atoms with Gasteiger partial charge in [0.1, 0.15) is 5.92 Å². The summed E-state index contributed by atoms with van der Waals surface area (Å²) in [4.78, 5) is 11.3. The van der Waals surface area contributed by atoms with Gasteiger partial charge in [-0.15, -0.1) is 0 Å². The van der Waals surface area contributed by atoms with Gasteiger partial charge in [0.2, 0.25) is 0 Å². The molecule has 0 radical (unpaired) electrons. The van der Waals surface area contributed by atoms with Gasteiger partial charge < -0.3 is 9.84 Å². The molecule has 3 unspecified atom stereocenters. The molecule has 15 heavy (non-hydrogen) atoms. The molecule has 1 aliphatic carbocycles. The van der Waals surface area contributed by atoms with Crippen LogP contribution in [0.3, 0.4) is 0 Å². The lowest BCUT2D eigenvalue weighted by molar-refractivity contribution is -0.146. The lowest BCUT2D eigenvalue weighted by atomic mass is 9.85. The van der Waals surface area contributed by atoms with Gasteiger partial charge in [0.05, 0.1) is 19.3 Å². The van der Waals surface area contributed by atoms with Crippen molar-refractivity contribution in [3.8, 4) is 6.07 Å². The van der Waals surface area contributed by atoms with E-state index in [2.05, 4.69) is 4.74 Å². The van der Waals surface area contributed by atoms with Crippen molar-refractivity contribution >= 4 is 5.97 Å². The van der Waals surface area contributed by atoms with Crippen molar-refractivity contribution < 1.29 is 14.6 Å². The van der Waals surface area contributed by atoms with E-state index in [9.17, 15) is 9.90 Å². The molecule has 1 rings (SSSR count). The summed E-state index contributed by atoms with van der Waals surface area (Å²) in [6, 6.07) is 1.95. The molecular weight excluding hydrogens is 194 g/mol. The van der Waals surface area contributed by atoms with Gasteiger partial charge in [-0.3, -0.25) is 4.79 Å². The van der Waals surface area contributed by atoms with Crippen LogP contribution in [-0.2, 0) is 9.53 Å². The largest absolute Gasteiger partial charge is 0.468 e. The summed E-state index contributed by atoms with van der Waals surface area (Å²) in [5.74, 6) is -1.60. The zero-order chi connectivity index (χ0) is 11.3. The second kappa shape index (κ2) is 5.72. The van der Waals surface area contributed by atoms with Crippen LogP contribution in [0.25, 0.3) is 0 Å². The van der Waals surface area contributed by atoms with Crippen LogP contribution in [0.5, 0.6) is 0 Å². The van der Waals surface area contributed by atoms with E-state index in [-0.39, 0.29) is 5.92 Å². The van der Waals surface area contributed by atoms with Crippen molar-refractivity contribution in [2.24, 2.45) is 11.8 Å². The number of nitrogens with zero attached hydrogens (tertiary/aromatic N) is 1. The SMILES string of the molecule is COC(=O)C(C#N)C1CCCCCC1O. The molecule has 1 N–H and O–H groups in total. The van der Waals surface area contributed by atoms with Crippen LogP contribution in [0.1, 0.15) is 32.1 Å². The molecule has 0 heterocycles. The molecule has 1 saturated carbocycles. The highest BCUT2D eigenvalue weighted by Crippen LogP contribution is 2.29. The topological polar surface area (TPSA) is 70.3 Å². The van der Waals surface area contributed by atoms with Crippen LogP contribution in [-0.4, -0.2) is 24.3 Å². The molecule has 4 heteroatoms. The highest BCUT2D eigenvalue weighted by Gasteiger charge is 2.34. The molecule has 0 aromatic heterocycles. The Balaban J connectivity index is 2.72. The lowest BCUT2D eigenvalue weighted by Gasteiger charge is -2.22. The highest BCUT2D eigenvalue weighted by atomic mass is 16.5. The van der Waals surface area contributed by atoms with Crippen molar-refractivity contribution in [1.82, 2.24) is 0 Å². The Hall–Kier alpha value is -1.08. The number of carbonyl (C=O) groups is 1. The third kappa shape index (κ3) is 2.93. The third-order valence-electron chi connectivity index (χ3n) is 3.05. The zero-order valence-electron chi connectivity index (χ0n) is 8.98. The number of aliphatic hydroxyl groups is 1. The first-order chi connectivity index (χ1) is 7.20. The fourth-order valence-electron chi connectivity index (χ4n) is 2.16. The maximum absolute atomic E-state index is 11.3. The second-order valence-electron chi connectivity index (χ2n) is 4.00. The lowest BCUT2D eigenvalue weighted by Crippen LogP contribution is -2.32. The quantitative estimate of drug-likeness (QED) is 0.551. The molecule has 0 aromatic rings. The number of aliphatic hydroxyl groups excluding tert-OH is 1. The smallest absolute Gasteiger partial charge is 0.323 e. The number of hydrogen-bond acceptors (Lipinski definition) is 4. The van der Waals surface area contributed by atoms with Crippen molar-refractivity contribution in [2.45, 2.75) is 38.2 Å². The number of ether oxygens (including phenoxy) is 1. The minimum atomic E-state index is -0.817. The van der Waals surface area contributed by atoms with Crippen molar-refractivity contribution in [1.29, 1.82) is 5.26 Å². The average molecular weight is 211 g/mol. The van der Waals surface area contributed by atoms with Crippen LogP contribution in [0.4, 0.5) is 0 Å². The number of hydrogen-bond donors (Lipinski definition) is 1. The summed E-state index contributed by atoms with van der Waals surface area (Å²) < 4.78 is 4.57. The predicted octanol–water partition coefficient (Wildman–Crippen LogP) is 1.24. The molecule has 1 fully saturated rings. The first-order valence-corrected chi connectivity index (χ1v) is 5.36. The number of carbonyl (C=O) groups excluding carboxylic acids is 1. The minimum absolute atomic E-state index is 0.259. The molecule has 84 valence electrons. The van der Waals surface area contributed by atoms with E-state index in [1.807, 2.05) is 6.07 Å². The van der Waals surface area contributed by atoms with Crippen molar-refractivity contribution in [2.75, 3.05) is 7.11 Å².